The van der Waals surface area contributed by atoms with Gasteiger partial charge in [0.1, 0.15) is 0 Å². The number of halogens is 1. The van der Waals surface area contributed by atoms with Crippen LogP contribution in [0.15, 0.2) is 33.6 Å². The van der Waals surface area contributed by atoms with E-state index in [1.807, 2.05) is 31.3 Å². The molecule has 1 N–H and O–H groups in total. The third kappa shape index (κ3) is 4.33. The summed E-state index contributed by atoms with van der Waals surface area (Å²) in [6.45, 7) is 0.568. The highest BCUT2D eigenvalue weighted by atomic mass is 79.9. The van der Waals surface area contributed by atoms with Gasteiger partial charge in [-0.2, -0.15) is 0 Å². The lowest BCUT2D eigenvalue weighted by Gasteiger charge is -2.14. The van der Waals surface area contributed by atoms with Crippen molar-refractivity contribution < 1.29 is 8.95 Å². The summed E-state index contributed by atoms with van der Waals surface area (Å²) >= 11 is 3.35. The van der Waals surface area contributed by atoms with Crippen molar-refractivity contribution in [2.24, 2.45) is 0 Å². The SMILES string of the molecule is CNC(COC)CS(=O)c1ccc(Br)cc1. The predicted octanol–water partition coefficient (Wildman–Crippen LogP) is 1.79. The zero-order valence-corrected chi connectivity index (χ0v) is 11.8. The second-order valence-electron chi connectivity index (χ2n) is 3.41. The molecule has 3 nitrogen and oxygen atoms in total. The van der Waals surface area contributed by atoms with Crippen molar-refractivity contribution >= 4 is 26.7 Å². The molecule has 2 unspecified atom stereocenters. The van der Waals surface area contributed by atoms with Gasteiger partial charge in [0.15, 0.2) is 0 Å². The molecule has 0 amide bonds. The summed E-state index contributed by atoms with van der Waals surface area (Å²) in [5.41, 5.74) is 0. The number of hydrogen-bond acceptors (Lipinski definition) is 3. The van der Waals surface area contributed by atoms with Crippen LogP contribution >= 0.6 is 15.9 Å². The maximum absolute atomic E-state index is 12.0. The number of nitrogens with one attached hydrogen (secondary N) is 1. The fraction of sp³-hybridized carbons (Fsp3) is 0.455. The Balaban J connectivity index is 2.60. The summed E-state index contributed by atoms with van der Waals surface area (Å²) in [7, 11) is 2.51. The third-order valence-corrected chi connectivity index (χ3v) is 4.24. The van der Waals surface area contributed by atoms with Crippen molar-refractivity contribution in [2.45, 2.75) is 10.9 Å². The summed E-state index contributed by atoms with van der Waals surface area (Å²) in [6.07, 6.45) is 0. The monoisotopic (exact) mass is 305 g/mol. The first-order chi connectivity index (χ1) is 7.67. The van der Waals surface area contributed by atoms with Crippen LogP contribution in [-0.2, 0) is 15.5 Å². The van der Waals surface area contributed by atoms with Crippen LogP contribution in [0.2, 0.25) is 0 Å². The molecule has 16 heavy (non-hydrogen) atoms. The maximum Gasteiger partial charge on any atom is 0.0624 e. The summed E-state index contributed by atoms with van der Waals surface area (Å²) in [5.74, 6) is 0.561. The van der Waals surface area contributed by atoms with Crippen molar-refractivity contribution in [3.05, 3.63) is 28.7 Å². The number of benzene rings is 1. The normalized spacial score (nSPS) is 14.7. The summed E-state index contributed by atoms with van der Waals surface area (Å²) in [6, 6.07) is 7.67. The number of hydrogen-bond donors (Lipinski definition) is 1. The predicted molar refractivity (Wildman–Crippen MR) is 70.1 cm³/mol. The van der Waals surface area contributed by atoms with Gasteiger partial charge in [-0.25, -0.2) is 0 Å². The molecular formula is C11H16BrNO2S. The molecule has 1 aromatic rings. The third-order valence-electron chi connectivity index (χ3n) is 2.21. The van der Waals surface area contributed by atoms with Gasteiger partial charge in [-0.15, -0.1) is 0 Å². The van der Waals surface area contributed by atoms with Crippen LogP contribution in [0.5, 0.6) is 0 Å². The fourth-order valence-electron chi connectivity index (χ4n) is 1.28. The second-order valence-corrected chi connectivity index (χ2v) is 5.82. The van der Waals surface area contributed by atoms with Crippen molar-refractivity contribution in [3.63, 3.8) is 0 Å². The van der Waals surface area contributed by atoms with Crippen LogP contribution < -0.4 is 5.32 Å². The van der Waals surface area contributed by atoms with E-state index in [1.54, 1.807) is 7.11 Å². The van der Waals surface area contributed by atoms with E-state index >= 15 is 0 Å². The Hall–Kier alpha value is -0.230. The molecule has 1 aromatic carbocycles. The molecule has 0 fully saturated rings. The van der Waals surface area contributed by atoms with Gasteiger partial charge in [-0.1, -0.05) is 15.9 Å². The lowest BCUT2D eigenvalue weighted by atomic mass is 10.4. The highest BCUT2D eigenvalue weighted by Gasteiger charge is 2.11. The minimum atomic E-state index is -0.986. The number of methoxy groups -OCH3 is 1. The van der Waals surface area contributed by atoms with Gasteiger partial charge < -0.3 is 10.1 Å². The average Bonchev–Trinajstić information content (AvgIpc) is 2.29. The van der Waals surface area contributed by atoms with Gasteiger partial charge in [0.25, 0.3) is 0 Å². The van der Waals surface area contributed by atoms with Crippen LogP contribution in [-0.4, -0.2) is 36.8 Å². The lowest BCUT2D eigenvalue weighted by molar-refractivity contribution is 0.176. The standard InChI is InChI=1S/C11H16BrNO2S/c1-13-10(7-15-2)8-16(14)11-5-3-9(12)4-6-11/h3-6,10,13H,7-8H2,1-2H3. The van der Waals surface area contributed by atoms with Crippen molar-refractivity contribution in [3.8, 4) is 0 Å². The maximum atomic E-state index is 12.0. The van der Waals surface area contributed by atoms with Crippen LogP contribution in [0.4, 0.5) is 0 Å². The topological polar surface area (TPSA) is 38.3 Å². The van der Waals surface area contributed by atoms with Crippen LogP contribution in [0.3, 0.4) is 0 Å². The Bertz CT molecular complexity index is 342. The van der Waals surface area contributed by atoms with E-state index in [9.17, 15) is 4.21 Å². The molecule has 0 radical (unpaired) electrons. The largest absolute Gasteiger partial charge is 0.383 e. The van der Waals surface area contributed by atoms with Gasteiger partial charge >= 0.3 is 0 Å². The fourth-order valence-corrected chi connectivity index (χ4v) is 2.81. The molecule has 2 atom stereocenters. The zero-order chi connectivity index (χ0) is 12.0. The van der Waals surface area contributed by atoms with E-state index in [-0.39, 0.29) is 6.04 Å². The van der Waals surface area contributed by atoms with E-state index < -0.39 is 10.8 Å². The minimum absolute atomic E-state index is 0.120. The first-order valence-corrected chi connectivity index (χ1v) is 7.08. The molecule has 0 saturated heterocycles. The summed E-state index contributed by atoms with van der Waals surface area (Å²) < 4.78 is 18.0. The number of likely N-dealkylation sites (N-methyl/N-ethyl adjacent to an activating group) is 1. The molecule has 0 aromatic heterocycles. The van der Waals surface area contributed by atoms with E-state index in [0.29, 0.717) is 12.4 Å². The zero-order valence-electron chi connectivity index (χ0n) is 9.40. The van der Waals surface area contributed by atoms with Crippen LogP contribution in [0.25, 0.3) is 0 Å². The van der Waals surface area contributed by atoms with Crippen LogP contribution in [0, 0.1) is 0 Å². The molecule has 0 spiro atoms. The van der Waals surface area contributed by atoms with Crippen molar-refractivity contribution in [1.29, 1.82) is 0 Å². The van der Waals surface area contributed by atoms with E-state index in [0.717, 1.165) is 9.37 Å². The Morgan fingerprint density at radius 1 is 1.44 bits per heavy atom. The molecule has 0 aliphatic heterocycles. The highest BCUT2D eigenvalue weighted by Crippen LogP contribution is 2.13. The van der Waals surface area contributed by atoms with E-state index in [2.05, 4.69) is 21.2 Å². The Morgan fingerprint density at radius 2 is 2.06 bits per heavy atom. The first-order valence-electron chi connectivity index (χ1n) is 4.97. The first kappa shape index (κ1) is 13.8. The molecule has 0 aliphatic rings. The van der Waals surface area contributed by atoms with Crippen LogP contribution in [0.1, 0.15) is 0 Å². The molecule has 0 heterocycles. The van der Waals surface area contributed by atoms with Gasteiger partial charge in [0.2, 0.25) is 0 Å². The van der Waals surface area contributed by atoms with Gasteiger partial charge in [0, 0.05) is 28.3 Å². The second kappa shape index (κ2) is 7.17. The summed E-state index contributed by atoms with van der Waals surface area (Å²) in [4.78, 5) is 0.847. The number of ether oxygens (including phenoxy) is 1. The number of rotatable bonds is 6. The van der Waals surface area contributed by atoms with Crippen molar-refractivity contribution in [2.75, 3.05) is 26.5 Å². The molecule has 0 aliphatic carbocycles. The lowest BCUT2D eigenvalue weighted by Crippen LogP contribution is -2.35. The Labute approximate surface area is 107 Å². The minimum Gasteiger partial charge on any atom is -0.383 e. The van der Waals surface area contributed by atoms with Gasteiger partial charge in [-0.3, -0.25) is 4.21 Å². The molecule has 0 bridgehead atoms. The highest BCUT2D eigenvalue weighted by molar-refractivity contribution is 9.10. The smallest absolute Gasteiger partial charge is 0.0624 e. The Kier molecular flexibility index (Phi) is 6.20. The van der Waals surface area contributed by atoms with Gasteiger partial charge in [-0.05, 0) is 31.3 Å². The van der Waals surface area contributed by atoms with Crippen molar-refractivity contribution in [1.82, 2.24) is 5.32 Å². The summed E-state index contributed by atoms with van der Waals surface area (Å²) in [5, 5.41) is 3.09. The molecule has 0 saturated carbocycles. The molecule has 5 heteroatoms. The quantitative estimate of drug-likeness (QED) is 0.871. The molecule has 90 valence electrons. The molecule has 1 rings (SSSR count). The Morgan fingerprint density at radius 3 is 2.56 bits per heavy atom. The average molecular weight is 306 g/mol. The molecular weight excluding hydrogens is 290 g/mol. The van der Waals surface area contributed by atoms with E-state index in [4.69, 9.17) is 4.74 Å². The van der Waals surface area contributed by atoms with E-state index in [1.165, 1.54) is 0 Å². The van der Waals surface area contributed by atoms with Gasteiger partial charge in [0.05, 0.1) is 17.4 Å².